The topological polar surface area (TPSA) is 66.4 Å². The van der Waals surface area contributed by atoms with E-state index in [9.17, 15) is 9.59 Å². The van der Waals surface area contributed by atoms with Gasteiger partial charge in [0, 0.05) is 10.9 Å². The number of rotatable bonds is 4. The van der Waals surface area contributed by atoms with Crippen LogP contribution in [0, 0.1) is 11.8 Å². The summed E-state index contributed by atoms with van der Waals surface area (Å²) in [5.41, 5.74) is 0.943. The number of amides is 1. The summed E-state index contributed by atoms with van der Waals surface area (Å²) in [5, 5.41) is 12.5. The fourth-order valence-corrected chi connectivity index (χ4v) is 2.83. The highest BCUT2D eigenvalue weighted by molar-refractivity contribution is 6.30. The van der Waals surface area contributed by atoms with Gasteiger partial charge < -0.3 is 10.4 Å². The van der Waals surface area contributed by atoms with Gasteiger partial charge in [0.25, 0.3) is 0 Å². The summed E-state index contributed by atoms with van der Waals surface area (Å²) in [6.07, 6.45) is 1.66. The molecule has 0 spiro atoms. The van der Waals surface area contributed by atoms with Crippen molar-refractivity contribution < 1.29 is 14.7 Å². The molecule has 0 aromatic heterocycles. The first-order valence-corrected chi connectivity index (χ1v) is 7.14. The normalized spacial score (nSPS) is 23.3. The first kappa shape index (κ1) is 14.9. The van der Waals surface area contributed by atoms with E-state index in [2.05, 4.69) is 5.32 Å². The van der Waals surface area contributed by atoms with Gasteiger partial charge in [0.2, 0.25) is 5.91 Å². The van der Waals surface area contributed by atoms with Gasteiger partial charge in [-0.2, -0.15) is 0 Å². The number of carbonyl (C=O) groups excluding carboxylic acids is 1. The third kappa shape index (κ3) is 3.51. The SMILES string of the molecule is C[C@H](NC(=O)[C@@H]1CC[C@H](C(=O)O)C1)c1cccc(Cl)c1. The van der Waals surface area contributed by atoms with Crippen molar-refractivity contribution in [2.45, 2.75) is 32.2 Å². The number of hydrogen-bond donors (Lipinski definition) is 2. The highest BCUT2D eigenvalue weighted by atomic mass is 35.5. The van der Waals surface area contributed by atoms with Gasteiger partial charge in [0.15, 0.2) is 0 Å². The predicted molar refractivity (Wildman–Crippen MR) is 76.5 cm³/mol. The highest BCUT2D eigenvalue weighted by Gasteiger charge is 2.34. The molecule has 0 radical (unpaired) electrons. The lowest BCUT2D eigenvalue weighted by molar-refractivity contribution is -0.141. The Balaban J connectivity index is 1.93. The van der Waals surface area contributed by atoms with Gasteiger partial charge >= 0.3 is 5.97 Å². The third-order valence-electron chi connectivity index (χ3n) is 3.86. The minimum Gasteiger partial charge on any atom is -0.481 e. The minimum absolute atomic E-state index is 0.0683. The van der Waals surface area contributed by atoms with E-state index in [0.717, 1.165) is 5.56 Å². The fourth-order valence-electron chi connectivity index (χ4n) is 2.63. The molecular formula is C15H18ClNO3. The number of aliphatic carboxylic acids is 1. The molecule has 1 saturated carbocycles. The number of carboxylic acid groups (broad SMARTS) is 1. The molecule has 2 N–H and O–H groups in total. The van der Waals surface area contributed by atoms with Gasteiger partial charge in [-0.25, -0.2) is 0 Å². The van der Waals surface area contributed by atoms with E-state index in [1.807, 2.05) is 25.1 Å². The predicted octanol–water partition coefficient (Wildman–Crippen LogP) is 3.02. The molecule has 3 atom stereocenters. The first-order chi connectivity index (χ1) is 9.47. The van der Waals surface area contributed by atoms with Gasteiger partial charge in [0.05, 0.1) is 12.0 Å². The Morgan fingerprint density at radius 2 is 2.05 bits per heavy atom. The quantitative estimate of drug-likeness (QED) is 0.897. The zero-order valence-corrected chi connectivity index (χ0v) is 12.1. The Morgan fingerprint density at radius 3 is 2.65 bits per heavy atom. The van der Waals surface area contributed by atoms with Crippen LogP contribution in [0.2, 0.25) is 5.02 Å². The summed E-state index contributed by atoms with van der Waals surface area (Å²) in [6, 6.07) is 7.22. The Bertz CT molecular complexity index is 518. The number of nitrogens with one attached hydrogen (secondary N) is 1. The first-order valence-electron chi connectivity index (χ1n) is 6.76. The van der Waals surface area contributed by atoms with Crippen molar-refractivity contribution in [2.24, 2.45) is 11.8 Å². The third-order valence-corrected chi connectivity index (χ3v) is 4.10. The Hall–Kier alpha value is -1.55. The average molecular weight is 296 g/mol. The number of halogens is 1. The standard InChI is InChI=1S/C15H18ClNO3/c1-9(10-3-2-4-13(16)8-10)17-14(18)11-5-6-12(7-11)15(19)20/h2-4,8-9,11-12H,5-7H2,1H3,(H,17,18)(H,19,20)/t9-,11+,12-/m0/s1. The van der Waals surface area contributed by atoms with Gasteiger partial charge in [0.1, 0.15) is 0 Å². The van der Waals surface area contributed by atoms with Gasteiger partial charge in [-0.05, 0) is 43.9 Å². The molecule has 0 saturated heterocycles. The zero-order chi connectivity index (χ0) is 14.7. The summed E-state index contributed by atoms with van der Waals surface area (Å²) < 4.78 is 0. The highest BCUT2D eigenvalue weighted by Crippen LogP contribution is 2.31. The molecule has 5 heteroatoms. The van der Waals surface area contributed by atoms with E-state index >= 15 is 0 Å². The molecular weight excluding hydrogens is 278 g/mol. The van der Waals surface area contributed by atoms with E-state index in [1.165, 1.54) is 0 Å². The van der Waals surface area contributed by atoms with E-state index in [4.69, 9.17) is 16.7 Å². The molecule has 1 aliphatic rings. The van der Waals surface area contributed by atoms with Crippen LogP contribution in [0.3, 0.4) is 0 Å². The second-order valence-corrected chi connectivity index (χ2v) is 5.77. The Morgan fingerprint density at radius 1 is 1.35 bits per heavy atom. The lowest BCUT2D eigenvalue weighted by Gasteiger charge is -2.17. The maximum absolute atomic E-state index is 12.1. The van der Waals surface area contributed by atoms with Crippen LogP contribution in [0.15, 0.2) is 24.3 Å². The molecule has 1 aromatic rings. The maximum atomic E-state index is 12.1. The molecule has 2 rings (SSSR count). The van der Waals surface area contributed by atoms with Gasteiger partial charge in [-0.3, -0.25) is 9.59 Å². The largest absolute Gasteiger partial charge is 0.481 e. The molecule has 1 aromatic carbocycles. The van der Waals surface area contributed by atoms with Crippen molar-refractivity contribution in [2.75, 3.05) is 0 Å². The number of carboxylic acids is 1. The fraction of sp³-hybridized carbons (Fsp3) is 0.467. The second-order valence-electron chi connectivity index (χ2n) is 5.33. The van der Waals surface area contributed by atoms with Crippen LogP contribution in [0.4, 0.5) is 0 Å². The summed E-state index contributed by atoms with van der Waals surface area (Å²) >= 11 is 5.93. The summed E-state index contributed by atoms with van der Waals surface area (Å²) in [6.45, 7) is 1.90. The van der Waals surface area contributed by atoms with Crippen molar-refractivity contribution in [1.82, 2.24) is 5.32 Å². The van der Waals surface area contributed by atoms with Gasteiger partial charge in [-0.15, -0.1) is 0 Å². The molecule has 108 valence electrons. The van der Waals surface area contributed by atoms with Crippen LogP contribution < -0.4 is 5.32 Å². The molecule has 1 fully saturated rings. The van der Waals surface area contributed by atoms with Crippen LogP contribution in [0.1, 0.15) is 37.8 Å². The zero-order valence-electron chi connectivity index (χ0n) is 11.3. The van der Waals surface area contributed by atoms with E-state index < -0.39 is 5.97 Å². The Kier molecular flexibility index (Phi) is 4.65. The van der Waals surface area contributed by atoms with Crippen molar-refractivity contribution >= 4 is 23.5 Å². The number of carbonyl (C=O) groups is 2. The lowest BCUT2D eigenvalue weighted by atomic mass is 10.0. The van der Waals surface area contributed by atoms with E-state index in [1.54, 1.807) is 6.07 Å². The maximum Gasteiger partial charge on any atom is 0.306 e. The Labute approximate surface area is 123 Å². The van der Waals surface area contributed by atoms with Crippen LogP contribution in [-0.2, 0) is 9.59 Å². The summed E-state index contributed by atoms with van der Waals surface area (Å²) in [4.78, 5) is 23.0. The van der Waals surface area contributed by atoms with Crippen molar-refractivity contribution in [3.05, 3.63) is 34.9 Å². The summed E-state index contributed by atoms with van der Waals surface area (Å²) in [7, 11) is 0. The molecule has 0 aliphatic heterocycles. The molecule has 20 heavy (non-hydrogen) atoms. The van der Waals surface area contributed by atoms with Crippen molar-refractivity contribution in [1.29, 1.82) is 0 Å². The van der Waals surface area contributed by atoms with Crippen LogP contribution in [-0.4, -0.2) is 17.0 Å². The monoisotopic (exact) mass is 295 g/mol. The average Bonchev–Trinajstić information content (AvgIpc) is 2.88. The van der Waals surface area contributed by atoms with E-state index in [0.29, 0.717) is 24.3 Å². The molecule has 0 unspecified atom stereocenters. The van der Waals surface area contributed by atoms with Crippen LogP contribution in [0.5, 0.6) is 0 Å². The molecule has 4 nitrogen and oxygen atoms in total. The molecule has 1 amide bonds. The molecule has 0 heterocycles. The minimum atomic E-state index is -0.803. The lowest BCUT2D eigenvalue weighted by Crippen LogP contribution is -2.32. The summed E-state index contributed by atoms with van der Waals surface area (Å²) in [5.74, 6) is -1.45. The van der Waals surface area contributed by atoms with E-state index in [-0.39, 0.29) is 23.8 Å². The second kappa shape index (κ2) is 6.27. The van der Waals surface area contributed by atoms with Gasteiger partial charge in [-0.1, -0.05) is 23.7 Å². The smallest absolute Gasteiger partial charge is 0.306 e. The number of hydrogen-bond acceptors (Lipinski definition) is 2. The van der Waals surface area contributed by atoms with Crippen LogP contribution >= 0.6 is 11.6 Å². The molecule has 0 bridgehead atoms. The van der Waals surface area contributed by atoms with Crippen LogP contribution in [0.25, 0.3) is 0 Å². The number of benzene rings is 1. The van der Waals surface area contributed by atoms with Crippen molar-refractivity contribution in [3.8, 4) is 0 Å². The van der Waals surface area contributed by atoms with Crippen molar-refractivity contribution in [3.63, 3.8) is 0 Å². The molecule has 1 aliphatic carbocycles.